The first-order chi connectivity index (χ1) is 12.3. The SMILES string of the molecule is C/C(N)=C(/S)COc1ccc2sc(C)c(C(=O)NC3(CO)CCC3)c2c1. The number of thiol groups is 1. The van der Waals surface area contributed by atoms with Gasteiger partial charge in [-0.3, -0.25) is 4.79 Å². The van der Waals surface area contributed by atoms with Gasteiger partial charge in [0, 0.05) is 25.6 Å². The van der Waals surface area contributed by atoms with Gasteiger partial charge >= 0.3 is 0 Å². The Morgan fingerprint density at radius 1 is 1.46 bits per heavy atom. The van der Waals surface area contributed by atoms with Crippen LogP contribution in [0.3, 0.4) is 0 Å². The molecule has 0 aliphatic heterocycles. The maximum atomic E-state index is 12.9. The highest BCUT2D eigenvalue weighted by molar-refractivity contribution is 7.84. The second-order valence-corrected chi connectivity index (χ2v) is 8.65. The van der Waals surface area contributed by atoms with Crippen molar-refractivity contribution in [1.29, 1.82) is 0 Å². The predicted octanol–water partition coefficient (Wildman–Crippen LogP) is 3.35. The summed E-state index contributed by atoms with van der Waals surface area (Å²) >= 11 is 5.89. The molecule has 1 aliphatic rings. The zero-order valence-corrected chi connectivity index (χ0v) is 16.7. The number of nitrogens with two attached hydrogens (primary N) is 1. The number of hydrogen-bond acceptors (Lipinski definition) is 6. The monoisotopic (exact) mass is 392 g/mol. The molecule has 1 saturated carbocycles. The number of carbonyl (C=O) groups excluding carboxylic acids is 1. The lowest BCUT2D eigenvalue weighted by Gasteiger charge is -2.41. The fraction of sp³-hybridized carbons (Fsp3) is 0.421. The van der Waals surface area contributed by atoms with Crippen LogP contribution in [-0.2, 0) is 0 Å². The topological polar surface area (TPSA) is 84.6 Å². The molecule has 7 heteroatoms. The molecule has 0 atom stereocenters. The first-order valence-corrected chi connectivity index (χ1v) is 9.85. The van der Waals surface area contributed by atoms with Gasteiger partial charge in [-0.1, -0.05) is 0 Å². The average molecular weight is 393 g/mol. The zero-order valence-electron chi connectivity index (χ0n) is 15.0. The Balaban J connectivity index is 1.87. The highest BCUT2D eigenvalue weighted by Gasteiger charge is 2.38. The van der Waals surface area contributed by atoms with E-state index in [-0.39, 0.29) is 19.1 Å². The second-order valence-electron chi connectivity index (χ2n) is 6.86. The third kappa shape index (κ3) is 3.70. The molecule has 0 radical (unpaired) electrons. The molecular formula is C19H24N2O3S2. The molecule has 1 fully saturated rings. The van der Waals surface area contributed by atoms with E-state index in [9.17, 15) is 9.90 Å². The molecule has 3 rings (SSSR count). The Labute approximate surface area is 162 Å². The number of aliphatic hydroxyl groups excluding tert-OH is 1. The quantitative estimate of drug-likeness (QED) is 0.568. The number of aryl methyl sites for hydroxylation is 1. The summed E-state index contributed by atoms with van der Waals surface area (Å²) in [7, 11) is 0. The van der Waals surface area contributed by atoms with Crippen molar-refractivity contribution in [1.82, 2.24) is 5.32 Å². The fourth-order valence-corrected chi connectivity index (χ4v) is 4.17. The Kier molecular flexibility index (Phi) is 5.50. The Bertz CT molecular complexity index is 860. The van der Waals surface area contributed by atoms with Crippen LogP contribution < -0.4 is 15.8 Å². The number of hydrogen-bond donors (Lipinski definition) is 4. The third-order valence-corrected chi connectivity index (χ3v) is 6.45. The molecule has 0 bridgehead atoms. The average Bonchev–Trinajstić information content (AvgIpc) is 2.90. The molecule has 26 heavy (non-hydrogen) atoms. The van der Waals surface area contributed by atoms with E-state index in [1.54, 1.807) is 18.3 Å². The van der Waals surface area contributed by atoms with E-state index in [0.29, 0.717) is 21.9 Å². The lowest BCUT2D eigenvalue weighted by atomic mass is 9.77. The van der Waals surface area contributed by atoms with Crippen molar-refractivity contribution in [3.05, 3.63) is 39.2 Å². The highest BCUT2D eigenvalue weighted by Crippen LogP contribution is 2.36. The van der Waals surface area contributed by atoms with E-state index in [2.05, 4.69) is 17.9 Å². The summed E-state index contributed by atoms with van der Waals surface area (Å²) in [5, 5.41) is 13.5. The van der Waals surface area contributed by atoms with E-state index in [1.807, 2.05) is 25.1 Å². The smallest absolute Gasteiger partial charge is 0.253 e. The molecule has 1 aromatic heterocycles. The van der Waals surface area contributed by atoms with Gasteiger partial charge in [-0.25, -0.2) is 0 Å². The molecule has 1 heterocycles. The number of rotatable bonds is 6. The minimum atomic E-state index is -0.462. The lowest BCUT2D eigenvalue weighted by Crippen LogP contribution is -2.56. The van der Waals surface area contributed by atoms with Crippen LogP contribution in [-0.4, -0.2) is 29.8 Å². The van der Waals surface area contributed by atoms with Gasteiger partial charge in [0.25, 0.3) is 5.91 Å². The minimum absolute atomic E-state index is 0.0241. The first-order valence-electron chi connectivity index (χ1n) is 8.59. The van der Waals surface area contributed by atoms with Gasteiger partial charge < -0.3 is 20.9 Å². The van der Waals surface area contributed by atoms with Crippen molar-refractivity contribution in [2.24, 2.45) is 5.73 Å². The van der Waals surface area contributed by atoms with Gasteiger partial charge in [-0.15, -0.1) is 24.0 Å². The molecule has 0 spiro atoms. The standard InChI is InChI=1S/C19H24N2O3S2/c1-11(20)15(25)9-24-13-4-5-16-14(8-13)17(12(2)26-16)18(23)21-19(10-22)6-3-7-19/h4-5,8,22,25H,3,6-7,9-10,20H2,1-2H3,(H,21,23)/b15-11-. The predicted molar refractivity (Wildman–Crippen MR) is 109 cm³/mol. The van der Waals surface area contributed by atoms with E-state index in [4.69, 9.17) is 10.5 Å². The van der Waals surface area contributed by atoms with Crippen LogP contribution in [0.25, 0.3) is 10.1 Å². The maximum Gasteiger partial charge on any atom is 0.253 e. The Hall–Kier alpha value is -1.70. The van der Waals surface area contributed by atoms with E-state index >= 15 is 0 Å². The summed E-state index contributed by atoms with van der Waals surface area (Å²) in [6, 6.07) is 5.72. The second kappa shape index (κ2) is 7.50. The van der Waals surface area contributed by atoms with Crippen LogP contribution in [0.15, 0.2) is 28.8 Å². The summed E-state index contributed by atoms with van der Waals surface area (Å²) in [6.45, 7) is 3.98. The van der Waals surface area contributed by atoms with Crippen LogP contribution in [0, 0.1) is 6.92 Å². The summed E-state index contributed by atoms with van der Waals surface area (Å²) in [6.07, 6.45) is 2.67. The molecule has 0 unspecified atom stereocenters. The molecule has 4 N–H and O–H groups in total. The molecule has 1 aliphatic carbocycles. The van der Waals surface area contributed by atoms with Gasteiger partial charge in [-0.05, 0) is 51.3 Å². The fourth-order valence-electron chi connectivity index (χ4n) is 3.07. The van der Waals surface area contributed by atoms with Crippen molar-refractivity contribution in [2.75, 3.05) is 13.2 Å². The van der Waals surface area contributed by atoms with E-state index in [1.165, 1.54) is 0 Å². The minimum Gasteiger partial charge on any atom is -0.488 e. The number of nitrogens with one attached hydrogen (secondary N) is 1. The molecule has 5 nitrogen and oxygen atoms in total. The van der Waals surface area contributed by atoms with Crippen molar-refractivity contribution < 1.29 is 14.6 Å². The van der Waals surface area contributed by atoms with Gasteiger partial charge in [-0.2, -0.15) is 0 Å². The number of fused-ring (bicyclic) bond motifs is 1. The number of amides is 1. The molecule has 0 saturated heterocycles. The number of carbonyl (C=O) groups is 1. The molecule has 140 valence electrons. The molecule has 1 aromatic carbocycles. The van der Waals surface area contributed by atoms with Crippen LogP contribution in [0.5, 0.6) is 5.75 Å². The Morgan fingerprint density at radius 2 is 2.19 bits per heavy atom. The van der Waals surface area contributed by atoms with Gasteiger partial charge in [0.05, 0.1) is 17.7 Å². The molecule has 1 amide bonds. The first kappa shape index (κ1) is 19.1. The Morgan fingerprint density at radius 3 is 2.77 bits per heavy atom. The number of aliphatic hydroxyl groups is 1. The third-order valence-electron chi connectivity index (χ3n) is 4.89. The van der Waals surface area contributed by atoms with Crippen LogP contribution in [0.4, 0.5) is 0 Å². The van der Waals surface area contributed by atoms with Gasteiger partial charge in [0.1, 0.15) is 12.4 Å². The van der Waals surface area contributed by atoms with Crippen molar-refractivity contribution >= 4 is 40.0 Å². The highest BCUT2D eigenvalue weighted by atomic mass is 32.1. The molecule has 2 aromatic rings. The van der Waals surface area contributed by atoms with Gasteiger partial charge in [0.2, 0.25) is 0 Å². The van der Waals surface area contributed by atoms with Crippen molar-refractivity contribution in [2.45, 2.75) is 38.6 Å². The summed E-state index contributed by atoms with van der Waals surface area (Å²) in [5.74, 6) is 0.532. The van der Waals surface area contributed by atoms with Crippen molar-refractivity contribution in [3.8, 4) is 5.75 Å². The number of allylic oxidation sites excluding steroid dienone is 1. The lowest BCUT2D eigenvalue weighted by molar-refractivity contribution is 0.0643. The van der Waals surface area contributed by atoms with E-state index < -0.39 is 5.54 Å². The summed E-state index contributed by atoms with van der Waals surface area (Å²) in [5.41, 5.74) is 6.52. The summed E-state index contributed by atoms with van der Waals surface area (Å²) < 4.78 is 6.79. The summed E-state index contributed by atoms with van der Waals surface area (Å²) in [4.78, 5) is 14.5. The van der Waals surface area contributed by atoms with Gasteiger partial charge in [0.15, 0.2) is 0 Å². The zero-order chi connectivity index (χ0) is 18.9. The molecular weight excluding hydrogens is 368 g/mol. The maximum absolute atomic E-state index is 12.9. The number of benzene rings is 1. The van der Waals surface area contributed by atoms with Crippen LogP contribution in [0.1, 0.15) is 41.4 Å². The van der Waals surface area contributed by atoms with Crippen LogP contribution in [0.2, 0.25) is 0 Å². The normalized spacial score (nSPS) is 16.8. The largest absolute Gasteiger partial charge is 0.488 e. The van der Waals surface area contributed by atoms with Crippen LogP contribution >= 0.6 is 24.0 Å². The number of thiophene rings is 1. The van der Waals surface area contributed by atoms with Crippen molar-refractivity contribution in [3.63, 3.8) is 0 Å². The van der Waals surface area contributed by atoms with E-state index in [0.717, 1.165) is 34.2 Å². The number of ether oxygens (including phenoxy) is 1.